The second-order valence-electron chi connectivity index (χ2n) is 4.32. The third-order valence-electron chi connectivity index (χ3n) is 2.99. The number of carbonyl (C=O) groups is 1. The molecule has 0 atom stereocenters. The van der Waals surface area contributed by atoms with Crippen LogP contribution >= 0.6 is 11.3 Å². The zero-order valence-corrected chi connectivity index (χ0v) is 12.4. The van der Waals surface area contributed by atoms with Crippen LogP contribution in [0.4, 0.5) is 0 Å². The summed E-state index contributed by atoms with van der Waals surface area (Å²) >= 11 is 1.40. The number of aromatic nitrogens is 3. The molecule has 0 unspecified atom stereocenters. The number of hydrogen-bond acceptors (Lipinski definition) is 7. The average Bonchev–Trinajstić information content (AvgIpc) is 3.18. The molecule has 3 rings (SSSR count). The molecule has 112 valence electrons. The molecule has 3 aromatic rings. The van der Waals surface area contributed by atoms with Crippen LogP contribution in [0.15, 0.2) is 45.2 Å². The second-order valence-corrected chi connectivity index (χ2v) is 5.27. The van der Waals surface area contributed by atoms with Gasteiger partial charge in [-0.25, -0.2) is 14.3 Å². The van der Waals surface area contributed by atoms with Gasteiger partial charge in [0.25, 0.3) is 0 Å². The van der Waals surface area contributed by atoms with E-state index in [0.717, 1.165) is 4.88 Å². The van der Waals surface area contributed by atoms with Crippen molar-refractivity contribution in [3.8, 4) is 16.6 Å². The van der Waals surface area contributed by atoms with E-state index in [4.69, 9.17) is 4.74 Å². The van der Waals surface area contributed by atoms with Gasteiger partial charge in [-0.3, -0.25) is 9.32 Å². The molecule has 0 N–H and O–H groups in total. The number of hydrogen-bond donors (Lipinski definition) is 0. The number of ketones is 1. The number of thiophene rings is 1. The standard InChI is InChI=1S/C14H11N3O4S/c1-20-13-9(4-2-6-15-13)10(18)8-17-12(16-21-14(17)19)11-5-3-7-22-11/h2-7H,8H2,1H3. The lowest BCUT2D eigenvalue weighted by Gasteiger charge is -2.06. The van der Waals surface area contributed by atoms with Gasteiger partial charge >= 0.3 is 5.76 Å². The summed E-state index contributed by atoms with van der Waals surface area (Å²) in [6.45, 7) is -0.197. The van der Waals surface area contributed by atoms with Gasteiger partial charge < -0.3 is 4.74 Å². The normalized spacial score (nSPS) is 10.6. The number of pyridine rings is 1. The molecule has 0 saturated carbocycles. The first-order valence-corrected chi connectivity index (χ1v) is 7.21. The van der Waals surface area contributed by atoms with Crippen LogP contribution in [0.3, 0.4) is 0 Å². The van der Waals surface area contributed by atoms with E-state index < -0.39 is 5.76 Å². The van der Waals surface area contributed by atoms with Gasteiger partial charge in [0.05, 0.1) is 24.1 Å². The first-order valence-electron chi connectivity index (χ1n) is 6.33. The number of ether oxygens (including phenoxy) is 1. The highest BCUT2D eigenvalue weighted by molar-refractivity contribution is 7.13. The van der Waals surface area contributed by atoms with Gasteiger partial charge in [0.2, 0.25) is 5.88 Å². The summed E-state index contributed by atoms with van der Waals surface area (Å²) in [7, 11) is 1.43. The first-order chi connectivity index (χ1) is 10.7. The molecule has 0 aliphatic rings. The fourth-order valence-electron chi connectivity index (χ4n) is 1.99. The number of nitrogens with zero attached hydrogens (tertiary/aromatic N) is 3. The van der Waals surface area contributed by atoms with Gasteiger partial charge in [-0.05, 0) is 23.6 Å². The molecule has 0 fully saturated rings. The highest BCUT2D eigenvalue weighted by Crippen LogP contribution is 2.22. The maximum Gasteiger partial charge on any atom is 0.442 e. The topological polar surface area (TPSA) is 87.2 Å². The Kier molecular flexibility index (Phi) is 3.84. The van der Waals surface area contributed by atoms with E-state index >= 15 is 0 Å². The Morgan fingerprint density at radius 1 is 1.41 bits per heavy atom. The Morgan fingerprint density at radius 2 is 2.27 bits per heavy atom. The second kappa shape index (κ2) is 5.94. The highest BCUT2D eigenvalue weighted by Gasteiger charge is 2.19. The number of rotatable bonds is 5. The van der Waals surface area contributed by atoms with Gasteiger partial charge in [0.1, 0.15) is 0 Å². The first kappa shape index (κ1) is 14.2. The summed E-state index contributed by atoms with van der Waals surface area (Å²) in [5.74, 6) is -0.446. The van der Waals surface area contributed by atoms with Crippen LogP contribution in [0.5, 0.6) is 5.88 Å². The van der Waals surface area contributed by atoms with Crippen LogP contribution in [-0.4, -0.2) is 27.6 Å². The lowest BCUT2D eigenvalue weighted by molar-refractivity contribution is 0.0966. The van der Waals surface area contributed by atoms with Crippen LogP contribution in [0.1, 0.15) is 10.4 Å². The molecular weight excluding hydrogens is 306 g/mol. The zero-order chi connectivity index (χ0) is 15.5. The van der Waals surface area contributed by atoms with Crippen LogP contribution in [0.25, 0.3) is 10.7 Å². The summed E-state index contributed by atoms with van der Waals surface area (Å²) in [4.78, 5) is 28.9. The fourth-order valence-corrected chi connectivity index (χ4v) is 2.70. The predicted octanol–water partition coefficient (Wildman–Crippen LogP) is 1.85. The zero-order valence-electron chi connectivity index (χ0n) is 11.6. The van der Waals surface area contributed by atoms with Crippen LogP contribution in [0.2, 0.25) is 0 Å². The molecule has 0 saturated heterocycles. The molecule has 0 spiro atoms. The monoisotopic (exact) mass is 317 g/mol. The van der Waals surface area contributed by atoms with E-state index in [1.165, 1.54) is 29.2 Å². The predicted molar refractivity (Wildman–Crippen MR) is 79.2 cm³/mol. The number of methoxy groups -OCH3 is 1. The summed E-state index contributed by atoms with van der Waals surface area (Å²) in [6, 6.07) is 6.85. The van der Waals surface area contributed by atoms with Crippen LogP contribution in [-0.2, 0) is 6.54 Å². The molecule has 22 heavy (non-hydrogen) atoms. The SMILES string of the molecule is COc1ncccc1C(=O)Cn1c(-c2cccs2)noc1=O. The Labute approximate surface area is 128 Å². The average molecular weight is 317 g/mol. The van der Waals surface area contributed by atoms with E-state index in [1.807, 2.05) is 11.4 Å². The quantitative estimate of drug-likeness (QED) is 0.667. The van der Waals surface area contributed by atoms with E-state index in [2.05, 4.69) is 14.7 Å². The number of carbonyl (C=O) groups excluding carboxylic acids is 1. The smallest absolute Gasteiger partial charge is 0.442 e. The Morgan fingerprint density at radius 3 is 3.00 bits per heavy atom. The summed E-state index contributed by atoms with van der Waals surface area (Å²) in [6.07, 6.45) is 1.53. The van der Waals surface area contributed by atoms with E-state index in [-0.39, 0.29) is 18.2 Å². The molecule has 3 heterocycles. The van der Waals surface area contributed by atoms with Crippen LogP contribution < -0.4 is 10.5 Å². The van der Waals surface area contributed by atoms with Crippen molar-refractivity contribution in [1.29, 1.82) is 0 Å². The minimum Gasteiger partial charge on any atom is -0.480 e. The van der Waals surface area contributed by atoms with Crippen molar-refractivity contribution in [3.63, 3.8) is 0 Å². The van der Waals surface area contributed by atoms with Gasteiger partial charge in [-0.15, -0.1) is 11.3 Å². The Balaban J connectivity index is 1.95. The van der Waals surface area contributed by atoms with Crippen molar-refractivity contribution < 1.29 is 14.1 Å². The Hall–Kier alpha value is -2.74. The lowest BCUT2D eigenvalue weighted by atomic mass is 10.2. The molecule has 0 bridgehead atoms. The molecule has 0 aliphatic heterocycles. The summed E-state index contributed by atoms with van der Waals surface area (Å²) < 4.78 is 10.9. The molecule has 7 nitrogen and oxygen atoms in total. The lowest BCUT2D eigenvalue weighted by Crippen LogP contribution is -2.21. The molecule has 3 aromatic heterocycles. The third-order valence-corrected chi connectivity index (χ3v) is 3.86. The maximum absolute atomic E-state index is 12.4. The minimum absolute atomic E-state index is 0.197. The van der Waals surface area contributed by atoms with Crippen molar-refractivity contribution in [2.24, 2.45) is 0 Å². The minimum atomic E-state index is -0.681. The third kappa shape index (κ3) is 2.56. The van der Waals surface area contributed by atoms with Crippen LogP contribution in [0, 0.1) is 0 Å². The van der Waals surface area contributed by atoms with E-state index in [1.54, 1.807) is 18.2 Å². The van der Waals surface area contributed by atoms with Crippen molar-refractivity contribution in [2.75, 3.05) is 7.11 Å². The van der Waals surface area contributed by atoms with Crippen molar-refractivity contribution in [1.82, 2.24) is 14.7 Å². The van der Waals surface area contributed by atoms with Crippen molar-refractivity contribution in [2.45, 2.75) is 6.54 Å². The molecule has 8 heteroatoms. The maximum atomic E-state index is 12.4. The number of Topliss-reactive ketones (excluding diaryl/α,β-unsaturated/α-hetero) is 1. The largest absolute Gasteiger partial charge is 0.480 e. The van der Waals surface area contributed by atoms with Gasteiger partial charge in [0.15, 0.2) is 11.6 Å². The molecule has 0 aromatic carbocycles. The van der Waals surface area contributed by atoms with Gasteiger partial charge in [-0.2, -0.15) is 0 Å². The van der Waals surface area contributed by atoms with E-state index in [0.29, 0.717) is 11.4 Å². The summed E-state index contributed by atoms with van der Waals surface area (Å²) in [5.41, 5.74) is 0.301. The Bertz CT molecular complexity index is 851. The summed E-state index contributed by atoms with van der Waals surface area (Å²) in [5, 5.41) is 5.59. The fraction of sp³-hybridized carbons (Fsp3) is 0.143. The molecule has 0 radical (unpaired) electrons. The van der Waals surface area contributed by atoms with Gasteiger partial charge in [0, 0.05) is 6.20 Å². The molecule has 0 aliphatic carbocycles. The molecule has 0 amide bonds. The highest BCUT2D eigenvalue weighted by atomic mass is 32.1. The van der Waals surface area contributed by atoms with E-state index in [9.17, 15) is 9.59 Å². The van der Waals surface area contributed by atoms with Crippen molar-refractivity contribution in [3.05, 3.63) is 52.0 Å². The van der Waals surface area contributed by atoms with Crippen molar-refractivity contribution >= 4 is 17.1 Å². The molecular formula is C14H11N3O4S. The van der Waals surface area contributed by atoms with Gasteiger partial charge in [-0.1, -0.05) is 11.2 Å².